The number of nitro groups is 1. The maximum atomic E-state index is 12.1. The number of para-hydroxylation sites is 1. The van der Waals surface area contributed by atoms with Crippen LogP contribution in [0.4, 0.5) is 5.69 Å². The topological polar surface area (TPSA) is 72.2 Å². The highest BCUT2D eigenvalue weighted by molar-refractivity contribution is 5.98. The van der Waals surface area contributed by atoms with Gasteiger partial charge in [-0.15, -0.1) is 0 Å². The molecular weight excluding hydrogens is 268 g/mol. The van der Waals surface area contributed by atoms with Gasteiger partial charge in [0.15, 0.2) is 0 Å². The van der Waals surface area contributed by atoms with Gasteiger partial charge in [0.05, 0.1) is 4.92 Å². The van der Waals surface area contributed by atoms with Crippen LogP contribution >= 0.6 is 0 Å². The van der Waals surface area contributed by atoms with Gasteiger partial charge in [0.1, 0.15) is 5.56 Å². The molecule has 2 aromatic carbocycles. The maximum Gasteiger partial charge on any atom is 0.282 e. The zero-order valence-corrected chi connectivity index (χ0v) is 11.7. The lowest BCUT2D eigenvalue weighted by Gasteiger charge is -2.13. The number of hydrogen-bond donors (Lipinski definition) is 1. The van der Waals surface area contributed by atoms with Crippen molar-refractivity contribution in [3.05, 3.63) is 75.8 Å². The predicted octanol–water partition coefficient (Wildman–Crippen LogP) is 3.13. The Hall–Kier alpha value is -2.69. The van der Waals surface area contributed by atoms with Gasteiger partial charge in [-0.3, -0.25) is 14.9 Å². The minimum absolute atomic E-state index is 0.0859. The van der Waals surface area contributed by atoms with Crippen molar-refractivity contribution in [2.24, 2.45) is 0 Å². The summed E-state index contributed by atoms with van der Waals surface area (Å²) in [6, 6.07) is 15.7. The molecule has 5 nitrogen and oxygen atoms in total. The third-order valence-electron chi connectivity index (χ3n) is 3.28. The summed E-state index contributed by atoms with van der Waals surface area (Å²) in [4.78, 5) is 22.5. The number of rotatable bonds is 5. The smallest absolute Gasteiger partial charge is 0.282 e. The fourth-order valence-electron chi connectivity index (χ4n) is 2.07. The van der Waals surface area contributed by atoms with Crippen LogP contribution < -0.4 is 5.32 Å². The molecule has 0 radical (unpaired) electrons. The number of carbonyl (C=O) groups is 1. The molecule has 108 valence electrons. The van der Waals surface area contributed by atoms with Crippen LogP contribution in [0.3, 0.4) is 0 Å². The zero-order chi connectivity index (χ0) is 15.2. The summed E-state index contributed by atoms with van der Waals surface area (Å²) < 4.78 is 0. The molecule has 0 saturated heterocycles. The monoisotopic (exact) mass is 284 g/mol. The highest BCUT2D eigenvalue weighted by Gasteiger charge is 2.19. The van der Waals surface area contributed by atoms with E-state index in [1.165, 1.54) is 12.1 Å². The first-order valence-electron chi connectivity index (χ1n) is 6.66. The summed E-state index contributed by atoms with van der Waals surface area (Å²) in [5, 5.41) is 13.7. The lowest BCUT2D eigenvalue weighted by Crippen LogP contribution is -2.28. The number of nitro benzene ring substituents is 1. The van der Waals surface area contributed by atoms with Crippen LogP contribution in [0.25, 0.3) is 0 Å². The SMILES string of the molecule is C[C@@H](CNC(=O)c1ccccc1[N+](=O)[O-])c1ccccc1. The zero-order valence-electron chi connectivity index (χ0n) is 11.7. The molecule has 0 saturated carbocycles. The van der Waals surface area contributed by atoms with Gasteiger partial charge in [-0.2, -0.15) is 0 Å². The normalized spacial score (nSPS) is 11.7. The van der Waals surface area contributed by atoms with Crippen molar-refractivity contribution in [3.8, 4) is 0 Å². The lowest BCUT2D eigenvalue weighted by molar-refractivity contribution is -0.385. The third-order valence-corrected chi connectivity index (χ3v) is 3.28. The van der Waals surface area contributed by atoms with Crippen molar-refractivity contribution in [2.45, 2.75) is 12.8 Å². The predicted molar refractivity (Wildman–Crippen MR) is 80.3 cm³/mol. The summed E-state index contributed by atoms with van der Waals surface area (Å²) in [7, 11) is 0. The average molecular weight is 284 g/mol. The Balaban J connectivity index is 2.04. The molecule has 0 heterocycles. The molecule has 0 bridgehead atoms. The number of nitrogens with one attached hydrogen (secondary N) is 1. The third kappa shape index (κ3) is 3.66. The molecule has 21 heavy (non-hydrogen) atoms. The quantitative estimate of drug-likeness (QED) is 0.677. The van der Waals surface area contributed by atoms with E-state index in [2.05, 4.69) is 5.32 Å². The van der Waals surface area contributed by atoms with Crippen molar-refractivity contribution >= 4 is 11.6 Å². The van der Waals surface area contributed by atoms with Gasteiger partial charge in [-0.05, 0) is 17.5 Å². The van der Waals surface area contributed by atoms with E-state index in [0.29, 0.717) is 6.54 Å². The highest BCUT2D eigenvalue weighted by atomic mass is 16.6. The summed E-state index contributed by atoms with van der Waals surface area (Å²) in [6.45, 7) is 2.42. The van der Waals surface area contributed by atoms with Crippen LogP contribution in [0.2, 0.25) is 0 Å². The van der Waals surface area contributed by atoms with Gasteiger partial charge >= 0.3 is 0 Å². The molecular formula is C16H16N2O3. The van der Waals surface area contributed by atoms with Gasteiger partial charge in [0, 0.05) is 12.6 Å². The second kappa shape index (κ2) is 6.65. The average Bonchev–Trinajstić information content (AvgIpc) is 2.53. The highest BCUT2D eigenvalue weighted by Crippen LogP contribution is 2.18. The minimum atomic E-state index is -0.546. The van der Waals surface area contributed by atoms with E-state index < -0.39 is 10.8 Å². The van der Waals surface area contributed by atoms with Crippen molar-refractivity contribution in [1.82, 2.24) is 5.32 Å². The van der Waals surface area contributed by atoms with Gasteiger partial charge in [0.2, 0.25) is 0 Å². The summed E-state index contributed by atoms with van der Waals surface area (Å²) in [6.07, 6.45) is 0. The Bertz CT molecular complexity index is 641. The van der Waals surface area contributed by atoms with E-state index in [-0.39, 0.29) is 17.2 Å². The van der Waals surface area contributed by atoms with E-state index in [4.69, 9.17) is 0 Å². The Morgan fingerprint density at radius 1 is 1.14 bits per heavy atom. The first-order chi connectivity index (χ1) is 10.1. The Morgan fingerprint density at radius 2 is 1.76 bits per heavy atom. The molecule has 0 fully saturated rings. The van der Waals surface area contributed by atoms with E-state index >= 15 is 0 Å². The molecule has 0 aliphatic rings. The molecule has 2 aromatic rings. The van der Waals surface area contributed by atoms with E-state index in [1.807, 2.05) is 37.3 Å². The van der Waals surface area contributed by atoms with Crippen LogP contribution in [0.15, 0.2) is 54.6 Å². The Kier molecular flexibility index (Phi) is 4.66. The molecule has 0 aliphatic heterocycles. The fourth-order valence-corrected chi connectivity index (χ4v) is 2.07. The number of hydrogen-bond acceptors (Lipinski definition) is 3. The van der Waals surface area contributed by atoms with Crippen molar-refractivity contribution in [2.75, 3.05) is 6.54 Å². The van der Waals surface area contributed by atoms with Crippen LogP contribution in [0, 0.1) is 10.1 Å². The van der Waals surface area contributed by atoms with Crippen LogP contribution in [-0.2, 0) is 0 Å². The van der Waals surface area contributed by atoms with Gasteiger partial charge in [0.25, 0.3) is 11.6 Å². The van der Waals surface area contributed by atoms with Crippen LogP contribution in [-0.4, -0.2) is 17.4 Å². The van der Waals surface area contributed by atoms with E-state index in [0.717, 1.165) is 5.56 Å². The first-order valence-corrected chi connectivity index (χ1v) is 6.66. The molecule has 1 atom stereocenters. The fraction of sp³-hybridized carbons (Fsp3) is 0.188. The minimum Gasteiger partial charge on any atom is -0.351 e. The van der Waals surface area contributed by atoms with Crippen molar-refractivity contribution in [3.63, 3.8) is 0 Å². The van der Waals surface area contributed by atoms with Crippen LogP contribution in [0.5, 0.6) is 0 Å². The molecule has 0 aromatic heterocycles. The molecule has 1 amide bonds. The van der Waals surface area contributed by atoms with Crippen LogP contribution in [0.1, 0.15) is 28.8 Å². The summed E-state index contributed by atoms with van der Waals surface area (Å²) in [5.74, 6) is -0.289. The summed E-state index contributed by atoms with van der Waals surface area (Å²) in [5.41, 5.74) is 1.02. The van der Waals surface area contributed by atoms with Gasteiger partial charge in [-0.25, -0.2) is 0 Å². The Labute approximate surface area is 122 Å². The van der Waals surface area contributed by atoms with Crippen molar-refractivity contribution in [1.29, 1.82) is 0 Å². The molecule has 0 spiro atoms. The Morgan fingerprint density at radius 3 is 2.43 bits per heavy atom. The largest absolute Gasteiger partial charge is 0.351 e. The molecule has 2 rings (SSSR count). The first kappa shape index (κ1) is 14.7. The number of carbonyl (C=O) groups excluding carboxylic acids is 1. The van der Waals surface area contributed by atoms with Gasteiger partial charge < -0.3 is 5.32 Å². The second-order valence-electron chi connectivity index (χ2n) is 4.80. The lowest BCUT2D eigenvalue weighted by atomic mass is 10.0. The molecule has 0 aliphatic carbocycles. The number of nitrogens with zero attached hydrogens (tertiary/aromatic N) is 1. The number of amides is 1. The number of benzene rings is 2. The van der Waals surface area contributed by atoms with E-state index in [1.54, 1.807) is 12.1 Å². The summed E-state index contributed by atoms with van der Waals surface area (Å²) >= 11 is 0. The second-order valence-corrected chi connectivity index (χ2v) is 4.80. The molecule has 5 heteroatoms. The van der Waals surface area contributed by atoms with Gasteiger partial charge in [-0.1, -0.05) is 49.4 Å². The standard InChI is InChI=1S/C16H16N2O3/c1-12(13-7-3-2-4-8-13)11-17-16(19)14-9-5-6-10-15(14)18(20)21/h2-10,12H,11H2,1H3,(H,17,19)/t12-/m0/s1. The van der Waals surface area contributed by atoms with E-state index in [9.17, 15) is 14.9 Å². The molecule has 0 unspecified atom stereocenters. The van der Waals surface area contributed by atoms with Crippen molar-refractivity contribution < 1.29 is 9.72 Å². The maximum absolute atomic E-state index is 12.1. The molecule has 1 N–H and O–H groups in total.